The Hall–Kier alpha value is -10.5. The number of nitrogens with one attached hydrogen (secondary N) is 8. The molecule has 7 unspecified atom stereocenters. The van der Waals surface area contributed by atoms with E-state index in [1.807, 2.05) is 103 Å². The summed E-state index contributed by atoms with van der Waals surface area (Å²) in [5, 5.41) is 37.9. The number of nitrogens with zero attached hydrogens (tertiary/aromatic N) is 12. The van der Waals surface area contributed by atoms with Crippen molar-refractivity contribution in [3.63, 3.8) is 0 Å². The van der Waals surface area contributed by atoms with Crippen LogP contribution in [-0.4, -0.2) is 250 Å². The highest BCUT2D eigenvalue weighted by molar-refractivity contribution is 7.51. The van der Waals surface area contributed by atoms with Gasteiger partial charge in [0.05, 0.1) is 64.5 Å². The summed E-state index contributed by atoms with van der Waals surface area (Å²) in [7, 11) is -13.0. The summed E-state index contributed by atoms with van der Waals surface area (Å²) in [6, 6.07) is 27.5. The molecule has 49 heteroatoms. The zero-order valence-corrected chi connectivity index (χ0v) is 68.0. The van der Waals surface area contributed by atoms with Gasteiger partial charge in [-0.2, -0.15) is 0 Å². The number of anilines is 3. The molecule has 9 aromatic rings. The molecule has 0 spiro atoms. The summed E-state index contributed by atoms with van der Waals surface area (Å²) in [4.78, 5) is 133. The maximum absolute atomic E-state index is 12.4. The lowest BCUT2D eigenvalue weighted by atomic mass is 10.1. The first-order chi connectivity index (χ1) is 58.9. The van der Waals surface area contributed by atoms with Gasteiger partial charge in [0.1, 0.15) is 96.7 Å². The minimum Gasteiger partial charge on any atom is -0.778 e. The maximum atomic E-state index is 12.4. The summed E-state index contributed by atoms with van der Waals surface area (Å²) in [6.07, 6.45) is 3.07. The van der Waals surface area contributed by atoms with E-state index in [1.165, 1.54) is 38.0 Å². The molecule has 46 nitrogen and oxygen atoms in total. The molecular formula is C73H87N21O25P3-3. The van der Waals surface area contributed by atoms with Crippen molar-refractivity contribution >= 4 is 116 Å². The molecule has 6 saturated heterocycles. The molecule has 6 amide bonds. The Kier molecular flexibility index (Phi) is 30.1. The first-order valence-electron chi connectivity index (χ1n) is 38.3. The molecule has 12 heterocycles. The number of aromatic nitrogens is 12. The van der Waals surface area contributed by atoms with E-state index in [-0.39, 0.29) is 43.4 Å². The van der Waals surface area contributed by atoms with E-state index in [0.717, 1.165) is 16.7 Å². The molecule has 0 bridgehead atoms. The van der Waals surface area contributed by atoms with Crippen molar-refractivity contribution in [3.8, 4) is 0 Å². The van der Waals surface area contributed by atoms with Crippen LogP contribution >= 0.6 is 22.8 Å². The molecule has 0 aliphatic carbocycles. The Balaban J connectivity index is 0.000000158. The zero-order valence-electron chi connectivity index (χ0n) is 65.4. The van der Waals surface area contributed by atoms with Crippen LogP contribution < -0.4 is 62.9 Å². The first-order valence-corrected chi connectivity index (χ1v) is 43.5. The van der Waals surface area contributed by atoms with Crippen LogP contribution in [0.5, 0.6) is 0 Å². The predicted molar refractivity (Wildman–Crippen MR) is 423 cm³/mol. The van der Waals surface area contributed by atoms with Crippen LogP contribution in [0.15, 0.2) is 141 Å². The molecule has 3 aromatic carbocycles. The number of benzene rings is 3. The van der Waals surface area contributed by atoms with Gasteiger partial charge < -0.3 is 116 Å². The van der Waals surface area contributed by atoms with Gasteiger partial charge in [-0.3, -0.25) is 49.9 Å². The van der Waals surface area contributed by atoms with Gasteiger partial charge in [-0.1, -0.05) is 103 Å². The van der Waals surface area contributed by atoms with Gasteiger partial charge in [0.2, 0.25) is 0 Å². The summed E-state index contributed by atoms with van der Waals surface area (Å²) in [6.45, 7) is 4.44. The molecule has 0 saturated carbocycles. The number of imidazole rings is 3. The van der Waals surface area contributed by atoms with E-state index >= 15 is 0 Å². The number of carboxylic acids is 2. The summed E-state index contributed by atoms with van der Waals surface area (Å²) < 4.78 is 113. The number of nitrogens with two attached hydrogens (primary N) is 1. The highest BCUT2D eigenvalue weighted by Crippen LogP contribution is 2.48. The van der Waals surface area contributed by atoms with Crippen LogP contribution in [-0.2, 0) is 85.9 Å². The van der Waals surface area contributed by atoms with Crippen molar-refractivity contribution < 1.29 is 119 Å². The number of carbonyl (C=O) groups excluding carboxylic acids is 3. The van der Waals surface area contributed by atoms with E-state index in [1.54, 1.807) is 46.6 Å². The number of amides is 6. The Labute approximate surface area is 693 Å². The average molecular weight is 1750 g/mol. The van der Waals surface area contributed by atoms with Gasteiger partial charge >= 0.3 is 30.0 Å². The third kappa shape index (κ3) is 22.9. The quantitative estimate of drug-likeness (QED) is 0.0258. The Morgan fingerprint density at radius 2 is 0.795 bits per heavy atom. The number of hydrogen-bond donors (Lipinski definition) is 11. The summed E-state index contributed by atoms with van der Waals surface area (Å²) >= 11 is 0. The van der Waals surface area contributed by atoms with Crippen molar-refractivity contribution in [2.75, 3.05) is 93.8 Å². The zero-order chi connectivity index (χ0) is 86.1. The molecule has 6 aliphatic heterocycles. The van der Waals surface area contributed by atoms with Crippen LogP contribution in [0.2, 0.25) is 0 Å². The van der Waals surface area contributed by atoms with Gasteiger partial charge in [-0.25, -0.2) is 59.2 Å². The number of fused-ring (bicyclic) bond motifs is 6. The smallest absolute Gasteiger partial charge is 0.320 e. The fraction of sp³-hybridized carbons (Fsp3) is 0.425. The molecule has 15 rings (SSSR count). The van der Waals surface area contributed by atoms with Crippen LogP contribution in [0.4, 0.5) is 31.8 Å². The average Bonchev–Trinajstić information content (AvgIpc) is 1.61. The van der Waals surface area contributed by atoms with E-state index < -0.39 is 178 Å². The number of urea groups is 3. The second kappa shape index (κ2) is 41.1. The predicted octanol–water partition coefficient (Wildman–Crippen LogP) is 2.53. The molecule has 652 valence electrons. The van der Waals surface area contributed by atoms with Gasteiger partial charge in [0.25, 0.3) is 0 Å². The molecule has 12 N–H and O–H groups in total. The highest BCUT2D eigenvalue weighted by atomic mass is 31.2. The second-order valence-corrected chi connectivity index (χ2v) is 33.0. The van der Waals surface area contributed by atoms with Crippen LogP contribution in [0.25, 0.3) is 45.6 Å². The van der Waals surface area contributed by atoms with E-state index in [4.69, 9.17) is 72.1 Å². The highest BCUT2D eigenvalue weighted by Gasteiger charge is 2.57. The number of ether oxygens (including phenoxy) is 9. The standard InChI is InChI=1S/C25H30N7O9P.C24H30N7O9P.C24H30N7O7P/c1-2-27-25(35)31-22-19-23(29-12-28-22)32(13-30-19)24-21-20(40-18(41-21)9-8-15-6-4-3-5-7-15)16(39-24)11-38-42(36,37)14-26-10-17(33)34;1-2-26-24(34)30-21-18-22(28-11-27-21)31(12-29-18)23-20-19(39-17(40-20)8-14-6-4-3-5-7-14)15(38-23)10-37-41(35,36)13-25-9-16(32)33;1-2-26-24(32)30-21-18-22(28-13-27-21)31(14-29-18)23-20-19(16(36-23)12-35-39(33,34)11-10-25)37-17(38-20)9-8-15-6-4-3-5-7-15/h3-9,12-13,16,18,20-21,24,26H,2,10-11,14H2,1H3,(H,33,34)(H,36,37)(H2,27,28,29,31,35);3-7,11-12,15,17,19-20,23,25H,2,8-10,13H2,1H3,(H,32,33)(H,35,36)(H2,26,27,28,30,34);3-9,13-14,16-17,19-20,23H,2,10-12,25H2,1H3,(H,33,34)(H2,26,27,28,30,32)/p-3/b9-8+;;9-8+/t16-,18+,20?,21+,24-;15-,17?,19?,20+,23-;16-,17+,19?,20+,23-/m111/s1. The minimum absolute atomic E-state index is 0.0552. The lowest BCUT2D eigenvalue weighted by molar-refractivity contribution is -0.205. The lowest BCUT2D eigenvalue weighted by Gasteiger charge is -2.26. The topological polar surface area (TPSA) is 610 Å². The monoisotopic (exact) mass is 1750 g/mol. The molecule has 6 fully saturated rings. The fourth-order valence-electron chi connectivity index (χ4n) is 13.6. The van der Waals surface area contributed by atoms with Crippen LogP contribution in [0, 0.1) is 0 Å². The van der Waals surface area contributed by atoms with E-state index in [0.29, 0.717) is 59.5 Å². The van der Waals surface area contributed by atoms with Gasteiger partial charge in [0.15, 0.2) is 88.5 Å². The largest absolute Gasteiger partial charge is 0.778 e. The summed E-state index contributed by atoms with van der Waals surface area (Å²) in [5.74, 6) is -1.79. The number of aliphatic carboxylic acids is 2. The number of hydrogen-bond acceptors (Lipinski definition) is 35. The first kappa shape index (κ1) is 89.3. The fourth-order valence-corrected chi connectivity index (χ4v) is 16.1. The third-order valence-corrected chi connectivity index (χ3v) is 22.5. The third-order valence-electron chi connectivity index (χ3n) is 18.9. The van der Waals surface area contributed by atoms with Crippen molar-refractivity contribution in [2.45, 2.75) is 120 Å². The summed E-state index contributed by atoms with van der Waals surface area (Å²) in [5.41, 5.74) is 10.3. The van der Waals surface area contributed by atoms with Crippen molar-refractivity contribution in [1.82, 2.24) is 85.1 Å². The normalized spacial score (nSPS) is 25.4. The SMILES string of the molecule is CCNC(=O)Nc1ncnc2c1ncn2[C@@H]1O[C@H](COP(=O)([O-])CCN)C2O[C@H](/C=C/c3ccccc3)O[C@@H]21.CCNC(=O)Nc1ncnc2c1ncn2[C@@H]1O[C@H](COP(=O)([O-])CNCC(=O)O)C2OC(Cc3ccccc3)O[C@@H]21.CCNC(=O)Nc1ncnc2c1ncn2[C@@H]1O[C@H](COP(=O)([O-])CNCC(=O)O)C2O[C@H](/C=C/c3ccccc3)O[C@@H]21. The number of carboxylic acid groups (broad SMARTS) is 2. The molecule has 6 aliphatic rings. The van der Waals surface area contributed by atoms with Gasteiger partial charge in [-0.15, -0.1) is 0 Å². The Morgan fingerprint density at radius 3 is 1.16 bits per heavy atom. The molecular weight excluding hydrogens is 1660 g/mol. The molecule has 0 radical (unpaired) electrons. The minimum atomic E-state index is -4.45. The van der Waals surface area contributed by atoms with Gasteiger partial charge in [-0.05, 0) is 49.6 Å². The van der Waals surface area contributed by atoms with Crippen LogP contribution in [0.1, 0.15) is 56.1 Å². The van der Waals surface area contributed by atoms with Crippen molar-refractivity contribution in [2.24, 2.45) is 5.73 Å². The second-order valence-electron chi connectivity index (χ2n) is 27.5. The van der Waals surface area contributed by atoms with E-state index in [9.17, 15) is 52.3 Å². The molecule has 18 atom stereocenters. The number of carbonyl (C=O) groups is 5. The Morgan fingerprint density at radius 1 is 0.459 bits per heavy atom. The lowest BCUT2D eigenvalue weighted by Crippen LogP contribution is -2.33. The van der Waals surface area contributed by atoms with Crippen LogP contribution in [0.3, 0.4) is 0 Å². The molecule has 122 heavy (non-hydrogen) atoms. The number of rotatable bonds is 34. The van der Waals surface area contributed by atoms with Gasteiger partial charge in [0, 0.05) is 38.8 Å². The Bertz CT molecular complexity index is 5300. The van der Waals surface area contributed by atoms with Crippen molar-refractivity contribution in [3.05, 3.63) is 158 Å². The van der Waals surface area contributed by atoms with E-state index in [2.05, 4.69) is 87.4 Å². The van der Waals surface area contributed by atoms with Crippen molar-refractivity contribution in [1.29, 1.82) is 0 Å². The maximum Gasteiger partial charge on any atom is 0.320 e. The molecule has 6 aromatic heterocycles.